The molecule has 4 rings (SSSR count). The van der Waals surface area contributed by atoms with Crippen LogP contribution in [0.15, 0.2) is 83.8 Å². The number of ketones is 1. The molecule has 1 heterocycles. The average Bonchev–Trinajstić information content (AvgIpc) is 3.22. The van der Waals surface area contributed by atoms with Gasteiger partial charge in [-0.05, 0) is 59.6 Å². The summed E-state index contributed by atoms with van der Waals surface area (Å²) < 4.78 is 73.5. The van der Waals surface area contributed by atoms with Crippen molar-refractivity contribution < 1.29 is 40.7 Å². The van der Waals surface area contributed by atoms with E-state index in [1.165, 1.54) is 47.4 Å². The van der Waals surface area contributed by atoms with Crippen LogP contribution >= 0.6 is 0 Å². The molecule has 1 aliphatic heterocycles. The van der Waals surface area contributed by atoms with E-state index in [2.05, 4.69) is 10.6 Å². The van der Waals surface area contributed by atoms with Crippen molar-refractivity contribution in [3.8, 4) is 11.1 Å². The fourth-order valence-electron chi connectivity index (χ4n) is 5.59. The number of amides is 2. The van der Waals surface area contributed by atoms with Crippen LogP contribution in [0.5, 0.6) is 0 Å². The number of alkyl halides is 3. The smallest absolute Gasteiger partial charge is 0.410 e. The largest absolute Gasteiger partial charge is 0.445 e. The number of benzene rings is 3. The Kier molecular flexibility index (Phi) is 12.0. The predicted molar refractivity (Wildman–Crippen MR) is 175 cm³/mol. The molecule has 1 unspecified atom stereocenters. The molecule has 1 saturated heterocycles. The summed E-state index contributed by atoms with van der Waals surface area (Å²) in [6.45, 7) is 3.49. The van der Waals surface area contributed by atoms with Gasteiger partial charge in [-0.15, -0.1) is 0 Å². The minimum absolute atomic E-state index is 0.0303. The molecule has 3 aromatic carbocycles. The summed E-state index contributed by atoms with van der Waals surface area (Å²) >= 11 is 0. The molecule has 3 aromatic rings. The van der Waals surface area contributed by atoms with Gasteiger partial charge in [-0.25, -0.2) is 13.2 Å². The van der Waals surface area contributed by atoms with Crippen LogP contribution in [0, 0.1) is 5.92 Å². The molecular weight excluding hydrogens is 647 g/mol. The minimum atomic E-state index is -4.82. The van der Waals surface area contributed by atoms with E-state index in [1.807, 2.05) is 18.2 Å². The third-order valence-electron chi connectivity index (χ3n) is 8.02. The first-order chi connectivity index (χ1) is 22.6. The zero-order chi connectivity index (χ0) is 35.1. The highest BCUT2D eigenvalue weighted by atomic mass is 32.2. The molecule has 9 nitrogen and oxygen atoms in total. The molecule has 0 bridgehead atoms. The molecule has 13 heteroatoms. The zero-order valence-corrected chi connectivity index (χ0v) is 27.8. The monoisotopic (exact) mass is 687 g/mol. The lowest BCUT2D eigenvalue weighted by atomic mass is 9.93. The number of nitrogens with one attached hydrogen (secondary N) is 2. The first-order valence-corrected chi connectivity index (χ1v) is 17.5. The molecule has 258 valence electrons. The van der Waals surface area contributed by atoms with Gasteiger partial charge in [0, 0.05) is 12.8 Å². The van der Waals surface area contributed by atoms with Crippen LogP contribution in [0.2, 0.25) is 0 Å². The van der Waals surface area contributed by atoms with Crippen molar-refractivity contribution in [1.29, 1.82) is 0 Å². The summed E-state index contributed by atoms with van der Waals surface area (Å²) in [6, 6.07) is 15.9. The van der Waals surface area contributed by atoms with E-state index in [4.69, 9.17) is 4.74 Å². The van der Waals surface area contributed by atoms with Crippen LogP contribution in [-0.4, -0.2) is 68.7 Å². The van der Waals surface area contributed by atoms with Crippen molar-refractivity contribution in [1.82, 2.24) is 15.5 Å². The van der Waals surface area contributed by atoms with Crippen LogP contribution in [0.1, 0.15) is 50.3 Å². The maximum absolute atomic E-state index is 14.8. The van der Waals surface area contributed by atoms with Crippen molar-refractivity contribution >= 4 is 27.6 Å². The van der Waals surface area contributed by atoms with Crippen LogP contribution in [-0.2, 0) is 30.8 Å². The number of halogens is 3. The van der Waals surface area contributed by atoms with E-state index < -0.39 is 51.9 Å². The summed E-state index contributed by atoms with van der Waals surface area (Å²) in [5.41, 5.74) is 1.23. The predicted octanol–water partition coefficient (Wildman–Crippen LogP) is 5.85. The Labute approximate surface area is 278 Å². The normalized spacial score (nSPS) is 17.0. The van der Waals surface area contributed by atoms with Gasteiger partial charge < -0.3 is 15.0 Å². The Morgan fingerprint density at radius 1 is 0.979 bits per heavy atom. The van der Waals surface area contributed by atoms with E-state index in [9.17, 15) is 36.0 Å². The highest BCUT2D eigenvalue weighted by molar-refractivity contribution is 7.90. The molecule has 2 amide bonds. The lowest BCUT2D eigenvalue weighted by Gasteiger charge is -2.30. The Hall–Kier alpha value is -4.23. The fraction of sp³-hybridized carbons (Fsp3) is 0.400. The lowest BCUT2D eigenvalue weighted by molar-refractivity contribution is -0.161. The summed E-state index contributed by atoms with van der Waals surface area (Å²) in [6.07, 6.45) is -3.83. The molecule has 2 N–H and O–H groups in total. The third-order valence-corrected chi connectivity index (χ3v) is 9.15. The van der Waals surface area contributed by atoms with E-state index in [0.717, 1.165) is 11.8 Å². The highest BCUT2D eigenvalue weighted by Crippen LogP contribution is 2.39. The van der Waals surface area contributed by atoms with E-state index >= 15 is 0 Å². The maximum Gasteiger partial charge on any atom is 0.410 e. The van der Waals surface area contributed by atoms with Crippen LogP contribution in [0.25, 0.3) is 11.1 Å². The second kappa shape index (κ2) is 15.8. The van der Waals surface area contributed by atoms with Gasteiger partial charge in [0.2, 0.25) is 5.91 Å². The van der Waals surface area contributed by atoms with Crippen molar-refractivity contribution in [2.75, 3.05) is 19.3 Å². The first-order valence-electron chi connectivity index (χ1n) is 15.6. The van der Waals surface area contributed by atoms with Gasteiger partial charge in [-0.3, -0.25) is 14.9 Å². The number of nitrogens with zero attached hydrogens (tertiary/aromatic N) is 1. The third kappa shape index (κ3) is 9.89. The number of ether oxygens (including phenoxy) is 1. The van der Waals surface area contributed by atoms with Gasteiger partial charge >= 0.3 is 12.3 Å². The second-order valence-electron chi connectivity index (χ2n) is 12.3. The summed E-state index contributed by atoms with van der Waals surface area (Å²) in [4.78, 5) is 40.8. The van der Waals surface area contributed by atoms with Crippen LogP contribution in [0.4, 0.5) is 18.0 Å². The second-order valence-corrected chi connectivity index (χ2v) is 14.4. The molecular formula is C35H40F3N3O6S. The molecule has 0 radical (unpaired) electrons. The average molecular weight is 688 g/mol. The topological polar surface area (TPSA) is 122 Å². The summed E-state index contributed by atoms with van der Waals surface area (Å²) in [5, 5.41) is 5.19. The number of sulfone groups is 1. The molecule has 3 atom stereocenters. The van der Waals surface area contributed by atoms with Crippen LogP contribution < -0.4 is 10.6 Å². The fourth-order valence-corrected chi connectivity index (χ4v) is 6.22. The van der Waals surface area contributed by atoms with Gasteiger partial charge in [-0.1, -0.05) is 80.6 Å². The molecule has 0 saturated carbocycles. The van der Waals surface area contributed by atoms with Gasteiger partial charge in [0.05, 0.1) is 23.5 Å². The molecule has 0 aliphatic carbocycles. The van der Waals surface area contributed by atoms with E-state index in [-0.39, 0.29) is 54.5 Å². The van der Waals surface area contributed by atoms with Crippen molar-refractivity contribution in [2.24, 2.45) is 5.92 Å². The van der Waals surface area contributed by atoms with Crippen molar-refractivity contribution in [2.45, 2.75) is 68.9 Å². The molecule has 48 heavy (non-hydrogen) atoms. The standard InChI is InChI=1S/C35H40F3N3O6S/c1-23(2)20-30(33(43)40-29-14-9-19-41(21-31(29)42)34(44)47-22-24-10-5-4-6-11-24)39-32(35(36,37)38)28-13-8-7-12-27(28)25-15-17-26(18-16-25)48(3,45)46/h4-8,10-13,15-18,23,29-30,32,39H,9,14,19-22H2,1-3H3,(H,40,43)/t29?,30-,32-/m0/s1. The van der Waals surface area contributed by atoms with Gasteiger partial charge in [-0.2, -0.15) is 13.2 Å². The molecule has 1 fully saturated rings. The van der Waals surface area contributed by atoms with Gasteiger partial charge in [0.25, 0.3) is 0 Å². The van der Waals surface area contributed by atoms with Gasteiger partial charge in [0.1, 0.15) is 12.6 Å². The quantitative estimate of drug-likeness (QED) is 0.259. The number of Topliss-reactive ketones (excluding diaryl/α,β-unsaturated/α-hetero) is 1. The SMILES string of the molecule is CC(C)C[C@H](N[C@@H](c1ccccc1-c1ccc(S(C)(=O)=O)cc1)C(F)(F)F)C(=O)NC1CCCN(C(=O)OCc2ccccc2)CC1=O. The number of rotatable bonds is 11. The molecule has 0 aromatic heterocycles. The Bertz CT molecular complexity index is 1680. The Morgan fingerprint density at radius 2 is 1.62 bits per heavy atom. The Balaban J connectivity index is 1.51. The first kappa shape index (κ1) is 36.6. The number of carbonyl (C=O) groups excluding carboxylic acids is 3. The zero-order valence-electron chi connectivity index (χ0n) is 27.0. The Morgan fingerprint density at radius 3 is 2.25 bits per heavy atom. The molecule has 0 spiro atoms. The summed E-state index contributed by atoms with van der Waals surface area (Å²) in [5.74, 6) is -1.39. The number of hydrogen-bond acceptors (Lipinski definition) is 7. The lowest BCUT2D eigenvalue weighted by Crippen LogP contribution is -2.53. The van der Waals surface area contributed by atoms with Crippen molar-refractivity contribution in [3.05, 3.63) is 90.0 Å². The highest BCUT2D eigenvalue weighted by Gasteiger charge is 2.44. The van der Waals surface area contributed by atoms with Crippen molar-refractivity contribution in [3.63, 3.8) is 0 Å². The number of carbonyl (C=O) groups is 3. The van der Waals surface area contributed by atoms with Crippen LogP contribution in [0.3, 0.4) is 0 Å². The van der Waals surface area contributed by atoms with Gasteiger partial charge in [0.15, 0.2) is 15.6 Å². The number of hydrogen-bond donors (Lipinski definition) is 2. The maximum atomic E-state index is 14.8. The minimum Gasteiger partial charge on any atom is -0.445 e. The molecule has 1 aliphatic rings. The number of likely N-dealkylation sites (tertiary alicyclic amines) is 1. The van der Waals surface area contributed by atoms with E-state index in [1.54, 1.807) is 32.0 Å². The summed E-state index contributed by atoms with van der Waals surface area (Å²) in [7, 11) is -3.51. The van der Waals surface area contributed by atoms with E-state index in [0.29, 0.717) is 12.0 Å².